The van der Waals surface area contributed by atoms with Gasteiger partial charge in [0, 0.05) is 46.0 Å². The Morgan fingerprint density at radius 2 is 2.29 bits per heavy atom. The van der Waals surface area contributed by atoms with Crippen LogP contribution in [0.3, 0.4) is 0 Å². The van der Waals surface area contributed by atoms with E-state index in [9.17, 15) is 0 Å². The molecule has 0 aliphatic carbocycles. The highest BCUT2D eigenvalue weighted by atomic mass is 35.5. The number of likely N-dealkylation sites (tertiary alicyclic amines) is 1. The van der Waals surface area contributed by atoms with Crippen LogP contribution in [0.1, 0.15) is 18.4 Å². The van der Waals surface area contributed by atoms with Gasteiger partial charge in [-0.05, 0) is 31.0 Å². The molecule has 1 aliphatic rings. The van der Waals surface area contributed by atoms with Crippen LogP contribution in [-0.2, 0) is 11.3 Å². The summed E-state index contributed by atoms with van der Waals surface area (Å²) in [6.45, 7) is 4.65. The second-order valence-electron chi connectivity index (χ2n) is 5.58. The first-order valence-corrected chi connectivity index (χ1v) is 7.32. The van der Waals surface area contributed by atoms with Gasteiger partial charge in [0.15, 0.2) is 0 Å². The van der Waals surface area contributed by atoms with Crippen molar-refractivity contribution in [2.45, 2.75) is 25.4 Å². The zero-order chi connectivity index (χ0) is 14.4. The van der Waals surface area contributed by atoms with Crippen LogP contribution in [0.5, 0.6) is 0 Å². The highest BCUT2D eigenvalue weighted by Gasteiger charge is 2.16. The fourth-order valence-electron chi connectivity index (χ4n) is 2.57. The molecule has 0 saturated carbocycles. The summed E-state index contributed by atoms with van der Waals surface area (Å²) >= 11 is 0. The Morgan fingerprint density at radius 3 is 2.90 bits per heavy atom. The minimum atomic E-state index is 0. The van der Waals surface area contributed by atoms with Gasteiger partial charge in [-0.15, -0.1) is 12.4 Å². The van der Waals surface area contributed by atoms with E-state index in [0.29, 0.717) is 12.6 Å². The Kier molecular flexibility index (Phi) is 7.96. The van der Waals surface area contributed by atoms with E-state index in [2.05, 4.69) is 26.9 Å². The standard InChI is InChI=1S/C15H26N4O.ClH/c1-18(8-9-20-2)15-6-5-13(10-17-15)11-19-7-3-4-14(16)12-19;/h5-6,10,14H,3-4,7-9,11-12,16H2,1-2H3;1H/t14-;/m1./s1. The van der Waals surface area contributed by atoms with E-state index in [0.717, 1.165) is 38.4 Å². The zero-order valence-electron chi connectivity index (χ0n) is 13.0. The normalized spacial score (nSPS) is 19.1. The molecule has 1 aliphatic heterocycles. The van der Waals surface area contributed by atoms with E-state index < -0.39 is 0 Å². The number of halogens is 1. The molecule has 0 radical (unpaired) electrons. The molecule has 1 aromatic rings. The average Bonchev–Trinajstić information content (AvgIpc) is 2.45. The number of hydrogen-bond donors (Lipinski definition) is 1. The molecule has 6 heteroatoms. The van der Waals surface area contributed by atoms with Crippen LogP contribution in [0.25, 0.3) is 0 Å². The average molecular weight is 315 g/mol. The lowest BCUT2D eigenvalue weighted by Gasteiger charge is -2.30. The molecule has 2 heterocycles. The van der Waals surface area contributed by atoms with Gasteiger partial charge in [0.05, 0.1) is 6.61 Å². The van der Waals surface area contributed by atoms with Crippen LogP contribution >= 0.6 is 12.4 Å². The van der Waals surface area contributed by atoms with Crippen LogP contribution in [0.2, 0.25) is 0 Å². The van der Waals surface area contributed by atoms with Crippen LogP contribution in [-0.4, -0.2) is 56.3 Å². The molecule has 0 unspecified atom stereocenters. The van der Waals surface area contributed by atoms with Crippen molar-refractivity contribution < 1.29 is 4.74 Å². The van der Waals surface area contributed by atoms with E-state index in [1.807, 2.05) is 13.2 Å². The summed E-state index contributed by atoms with van der Waals surface area (Å²) in [5.74, 6) is 0.987. The Labute approximate surface area is 133 Å². The van der Waals surface area contributed by atoms with Crippen molar-refractivity contribution >= 4 is 18.2 Å². The number of pyridine rings is 1. The third-order valence-corrected chi connectivity index (χ3v) is 3.78. The molecule has 1 atom stereocenters. The molecule has 2 rings (SSSR count). The number of rotatable bonds is 6. The number of piperidine rings is 1. The highest BCUT2D eigenvalue weighted by molar-refractivity contribution is 5.85. The topological polar surface area (TPSA) is 54.6 Å². The molecule has 21 heavy (non-hydrogen) atoms. The molecule has 0 spiro atoms. The number of likely N-dealkylation sites (N-methyl/N-ethyl adjacent to an activating group) is 1. The van der Waals surface area contributed by atoms with Crippen molar-refractivity contribution in [1.82, 2.24) is 9.88 Å². The van der Waals surface area contributed by atoms with Crippen molar-refractivity contribution in [2.75, 3.05) is 45.3 Å². The maximum atomic E-state index is 6.01. The molecule has 0 bridgehead atoms. The summed E-state index contributed by atoms with van der Waals surface area (Å²) in [5, 5.41) is 0. The summed E-state index contributed by atoms with van der Waals surface area (Å²) < 4.78 is 5.08. The fraction of sp³-hybridized carbons (Fsp3) is 0.667. The van der Waals surface area contributed by atoms with E-state index in [1.165, 1.54) is 12.0 Å². The van der Waals surface area contributed by atoms with Crippen LogP contribution < -0.4 is 10.6 Å². The molecule has 0 aromatic carbocycles. The maximum Gasteiger partial charge on any atom is 0.128 e. The summed E-state index contributed by atoms with van der Waals surface area (Å²) in [4.78, 5) is 9.05. The number of ether oxygens (including phenoxy) is 1. The predicted molar refractivity (Wildman–Crippen MR) is 89.1 cm³/mol. The van der Waals surface area contributed by atoms with Crippen LogP contribution in [0, 0.1) is 0 Å². The summed E-state index contributed by atoms with van der Waals surface area (Å²) in [7, 11) is 3.75. The number of hydrogen-bond acceptors (Lipinski definition) is 5. The number of methoxy groups -OCH3 is 1. The molecule has 1 fully saturated rings. The summed E-state index contributed by atoms with van der Waals surface area (Å²) in [6.07, 6.45) is 4.32. The lowest BCUT2D eigenvalue weighted by molar-refractivity contribution is 0.201. The molecule has 1 saturated heterocycles. The molecule has 2 N–H and O–H groups in total. The Hall–Kier alpha value is -0.880. The second-order valence-corrected chi connectivity index (χ2v) is 5.58. The number of anilines is 1. The monoisotopic (exact) mass is 314 g/mol. The molecular formula is C15H27ClN4O. The third-order valence-electron chi connectivity index (χ3n) is 3.78. The number of nitrogens with two attached hydrogens (primary N) is 1. The van der Waals surface area contributed by atoms with Crippen LogP contribution in [0.4, 0.5) is 5.82 Å². The first-order valence-electron chi connectivity index (χ1n) is 7.32. The lowest BCUT2D eigenvalue weighted by atomic mass is 10.1. The Morgan fingerprint density at radius 1 is 1.48 bits per heavy atom. The molecular weight excluding hydrogens is 288 g/mol. The van der Waals surface area contributed by atoms with Gasteiger partial charge in [-0.2, -0.15) is 0 Å². The van der Waals surface area contributed by atoms with Gasteiger partial charge in [-0.25, -0.2) is 4.98 Å². The van der Waals surface area contributed by atoms with Gasteiger partial charge in [-0.1, -0.05) is 6.07 Å². The fourth-order valence-corrected chi connectivity index (χ4v) is 2.57. The summed E-state index contributed by atoms with van der Waals surface area (Å²) in [5.41, 5.74) is 7.27. The quantitative estimate of drug-likeness (QED) is 0.862. The second kappa shape index (κ2) is 9.20. The van der Waals surface area contributed by atoms with E-state index in [4.69, 9.17) is 10.5 Å². The van der Waals surface area contributed by atoms with Crippen molar-refractivity contribution in [1.29, 1.82) is 0 Å². The Bertz CT molecular complexity index is 401. The van der Waals surface area contributed by atoms with Crippen molar-refractivity contribution in [3.63, 3.8) is 0 Å². The molecule has 0 amide bonds. The van der Waals surface area contributed by atoms with E-state index in [1.54, 1.807) is 7.11 Å². The SMILES string of the molecule is COCCN(C)c1ccc(CN2CCC[C@@H](N)C2)cn1.Cl. The summed E-state index contributed by atoms with van der Waals surface area (Å²) in [6, 6.07) is 4.57. The van der Waals surface area contributed by atoms with Crippen molar-refractivity contribution in [3.05, 3.63) is 23.9 Å². The minimum Gasteiger partial charge on any atom is -0.383 e. The largest absolute Gasteiger partial charge is 0.383 e. The maximum absolute atomic E-state index is 6.01. The van der Waals surface area contributed by atoms with Crippen LogP contribution in [0.15, 0.2) is 18.3 Å². The highest BCUT2D eigenvalue weighted by Crippen LogP contribution is 2.14. The molecule has 120 valence electrons. The van der Waals surface area contributed by atoms with E-state index >= 15 is 0 Å². The van der Waals surface area contributed by atoms with Gasteiger partial charge in [0.1, 0.15) is 5.82 Å². The number of nitrogens with zero attached hydrogens (tertiary/aromatic N) is 3. The molecule has 1 aromatic heterocycles. The van der Waals surface area contributed by atoms with E-state index in [-0.39, 0.29) is 12.4 Å². The first-order chi connectivity index (χ1) is 9.69. The number of aromatic nitrogens is 1. The first kappa shape index (κ1) is 18.2. The zero-order valence-corrected chi connectivity index (χ0v) is 13.8. The van der Waals surface area contributed by atoms with Crippen molar-refractivity contribution in [2.24, 2.45) is 5.73 Å². The van der Waals surface area contributed by atoms with Gasteiger partial charge < -0.3 is 15.4 Å². The third kappa shape index (κ3) is 5.79. The van der Waals surface area contributed by atoms with Gasteiger partial charge in [-0.3, -0.25) is 4.90 Å². The van der Waals surface area contributed by atoms with Crippen molar-refractivity contribution in [3.8, 4) is 0 Å². The van der Waals surface area contributed by atoms with Gasteiger partial charge >= 0.3 is 0 Å². The van der Waals surface area contributed by atoms with Gasteiger partial charge in [0.25, 0.3) is 0 Å². The Balaban J connectivity index is 0.00000220. The van der Waals surface area contributed by atoms with Gasteiger partial charge in [0.2, 0.25) is 0 Å². The predicted octanol–water partition coefficient (Wildman–Crippen LogP) is 1.51. The minimum absolute atomic E-state index is 0. The molecule has 5 nitrogen and oxygen atoms in total. The smallest absolute Gasteiger partial charge is 0.128 e. The lowest BCUT2D eigenvalue weighted by Crippen LogP contribution is -2.42.